The van der Waals surface area contributed by atoms with Crippen molar-refractivity contribution in [3.8, 4) is 5.75 Å². The molecule has 0 saturated carbocycles. The van der Waals surface area contributed by atoms with E-state index in [4.69, 9.17) is 10.5 Å². The van der Waals surface area contributed by atoms with Crippen LogP contribution in [0.1, 0.15) is 6.42 Å². The molecule has 0 fully saturated rings. The highest BCUT2D eigenvalue weighted by molar-refractivity contribution is 5.80. The summed E-state index contributed by atoms with van der Waals surface area (Å²) in [5.41, 5.74) is 6.33. The zero-order valence-electron chi connectivity index (χ0n) is 11.6. The Morgan fingerprint density at radius 3 is 3.00 bits per heavy atom. The summed E-state index contributed by atoms with van der Waals surface area (Å²) in [6.07, 6.45) is 2.43. The smallest absolute Gasteiger partial charge is 0.260 e. The predicted octanol–water partition coefficient (Wildman–Crippen LogP) is 1.42. The molecular formula is C15H19N3O2. The monoisotopic (exact) mass is 273 g/mol. The van der Waals surface area contributed by atoms with Gasteiger partial charge in [-0.05, 0) is 25.1 Å². The quantitative estimate of drug-likeness (QED) is 0.864. The highest BCUT2D eigenvalue weighted by Crippen LogP contribution is 2.17. The Kier molecular flexibility index (Phi) is 4.90. The molecule has 106 valence electrons. The first-order valence-corrected chi connectivity index (χ1v) is 6.62. The zero-order valence-corrected chi connectivity index (χ0v) is 11.6. The van der Waals surface area contributed by atoms with Crippen LogP contribution in [0.15, 0.2) is 36.5 Å². The van der Waals surface area contributed by atoms with Crippen molar-refractivity contribution in [3.63, 3.8) is 0 Å². The second-order valence-electron chi connectivity index (χ2n) is 4.61. The molecule has 0 atom stereocenters. The number of carbonyl (C=O) groups excluding carboxylic acids is 1. The number of ether oxygens (including phenoxy) is 1. The first-order valence-electron chi connectivity index (χ1n) is 6.62. The number of benzene rings is 1. The van der Waals surface area contributed by atoms with E-state index in [0.717, 1.165) is 17.3 Å². The molecule has 5 nitrogen and oxygen atoms in total. The first-order chi connectivity index (χ1) is 9.70. The van der Waals surface area contributed by atoms with Crippen LogP contribution >= 0.6 is 0 Å². The van der Waals surface area contributed by atoms with Gasteiger partial charge >= 0.3 is 0 Å². The van der Waals surface area contributed by atoms with Gasteiger partial charge in [0.05, 0.1) is 11.7 Å². The van der Waals surface area contributed by atoms with Crippen molar-refractivity contribution < 1.29 is 9.53 Å². The van der Waals surface area contributed by atoms with E-state index in [1.807, 2.05) is 30.3 Å². The van der Waals surface area contributed by atoms with Gasteiger partial charge in [-0.2, -0.15) is 0 Å². The molecule has 5 heteroatoms. The number of hydrogen-bond acceptors (Lipinski definition) is 4. The highest BCUT2D eigenvalue weighted by atomic mass is 16.5. The number of pyridine rings is 1. The second kappa shape index (κ2) is 6.86. The molecule has 0 spiro atoms. The van der Waals surface area contributed by atoms with Crippen LogP contribution in [0.4, 0.5) is 0 Å². The first kappa shape index (κ1) is 14.3. The van der Waals surface area contributed by atoms with Crippen LogP contribution in [0, 0.1) is 0 Å². The van der Waals surface area contributed by atoms with E-state index in [0.29, 0.717) is 18.8 Å². The topological polar surface area (TPSA) is 68.5 Å². The lowest BCUT2D eigenvalue weighted by atomic mass is 10.2. The molecule has 0 saturated heterocycles. The maximum Gasteiger partial charge on any atom is 0.260 e. The molecule has 0 radical (unpaired) electrons. The van der Waals surface area contributed by atoms with Crippen LogP contribution in [0.3, 0.4) is 0 Å². The largest absolute Gasteiger partial charge is 0.482 e. The van der Waals surface area contributed by atoms with Crippen LogP contribution in [-0.4, -0.2) is 42.5 Å². The number of para-hydroxylation sites is 1. The molecular weight excluding hydrogens is 254 g/mol. The molecule has 2 aromatic rings. The van der Waals surface area contributed by atoms with E-state index in [2.05, 4.69) is 4.98 Å². The molecule has 1 aromatic heterocycles. The van der Waals surface area contributed by atoms with Crippen LogP contribution in [0.2, 0.25) is 0 Å². The van der Waals surface area contributed by atoms with Gasteiger partial charge in [0.2, 0.25) is 0 Å². The fourth-order valence-corrected chi connectivity index (χ4v) is 1.84. The lowest BCUT2D eigenvalue weighted by Crippen LogP contribution is -2.33. The van der Waals surface area contributed by atoms with Crippen LogP contribution in [0.5, 0.6) is 5.75 Å². The Hall–Kier alpha value is -2.14. The molecule has 1 heterocycles. The third-order valence-electron chi connectivity index (χ3n) is 3.05. The number of carbonyl (C=O) groups is 1. The number of hydrogen-bond donors (Lipinski definition) is 1. The fourth-order valence-electron chi connectivity index (χ4n) is 1.84. The standard InChI is InChI=1S/C15H19N3O2/c1-18(8-4-7-16)15(19)11-20-13-9-12-5-2-3-6-14(12)17-10-13/h2-3,5-6,9-10H,4,7-8,11,16H2,1H3. The normalized spacial score (nSPS) is 10.5. The van der Waals surface area contributed by atoms with Crippen molar-refractivity contribution in [1.29, 1.82) is 0 Å². The van der Waals surface area contributed by atoms with Gasteiger partial charge in [-0.3, -0.25) is 9.78 Å². The summed E-state index contributed by atoms with van der Waals surface area (Å²) in [5, 5.41) is 0.994. The predicted molar refractivity (Wildman–Crippen MR) is 78.5 cm³/mol. The van der Waals surface area contributed by atoms with Gasteiger partial charge in [-0.15, -0.1) is 0 Å². The summed E-state index contributed by atoms with van der Waals surface area (Å²) >= 11 is 0. The number of likely N-dealkylation sites (N-methyl/N-ethyl adjacent to an activating group) is 1. The number of nitrogens with two attached hydrogens (primary N) is 1. The van der Waals surface area contributed by atoms with Crippen molar-refractivity contribution >= 4 is 16.8 Å². The molecule has 0 aliphatic carbocycles. The molecule has 1 aromatic carbocycles. The van der Waals surface area contributed by atoms with E-state index in [9.17, 15) is 4.79 Å². The molecule has 0 bridgehead atoms. The second-order valence-corrected chi connectivity index (χ2v) is 4.61. The number of nitrogens with zero attached hydrogens (tertiary/aromatic N) is 2. The van der Waals surface area contributed by atoms with Gasteiger partial charge in [0, 0.05) is 19.0 Å². The van der Waals surface area contributed by atoms with Crippen LogP contribution < -0.4 is 10.5 Å². The lowest BCUT2D eigenvalue weighted by Gasteiger charge is -2.16. The van der Waals surface area contributed by atoms with Gasteiger partial charge in [0.25, 0.3) is 5.91 Å². The van der Waals surface area contributed by atoms with E-state index in [1.54, 1.807) is 18.1 Å². The van der Waals surface area contributed by atoms with Crippen molar-refractivity contribution in [2.24, 2.45) is 5.73 Å². The zero-order chi connectivity index (χ0) is 14.4. The molecule has 0 aliphatic heterocycles. The molecule has 2 rings (SSSR count). The maximum absolute atomic E-state index is 11.8. The third-order valence-corrected chi connectivity index (χ3v) is 3.05. The molecule has 0 unspecified atom stereocenters. The molecule has 20 heavy (non-hydrogen) atoms. The molecule has 2 N–H and O–H groups in total. The summed E-state index contributed by atoms with van der Waals surface area (Å²) in [7, 11) is 1.75. The van der Waals surface area contributed by atoms with Crippen LogP contribution in [-0.2, 0) is 4.79 Å². The number of amides is 1. The highest BCUT2D eigenvalue weighted by Gasteiger charge is 2.09. The van der Waals surface area contributed by atoms with E-state index in [1.165, 1.54) is 0 Å². The van der Waals surface area contributed by atoms with Crippen molar-refractivity contribution in [2.45, 2.75) is 6.42 Å². The summed E-state index contributed by atoms with van der Waals surface area (Å²) in [4.78, 5) is 17.7. The minimum Gasteiger partial charge on any atom is -0.482 e. The lowest BCUT2D eigenvalue weighted by molar-refractivity contribution is -0.132. The Bertz CT molecular complexity index is 586. The van der Waals surface area contributed by atoms with E-state index >= 15 is 0 Å². The number of rotatable bonds is 6. The summed E-state index contributed by atoms with van der Waals surface area (Å²) in [5.74, 6) is 0.538. The van der Waals surface area contributed by atoms with Gasteiger partial charge < -0.3 is 15.4 Å². The third kappa shape index (κ3) is 3.68. The minimum atomic E-state index is -0.0633. The van der Waals surface area contributed by atoms with Gasteiger partial charge in [0.15, 0.2) is 6.61 Å². The average molecular weight is 273 g/mol. The Morgan fingerprint density at radius 1 is 1.40 bits per heavy atom. The van der Waals surface area contributed by atoms with Crippen molar-refractivity contribution in [1.82, 2.24) is 9.88 Å². The van der Waals surface area contributed by atoms with Crippen molar-refractivity contribution in [3.05, 3.63) is 36.5 Å². The molecule has 1 amide bonds. The Balaban J connectivity index is 1.93. The Labute approximate surface area is 118 Å². The summed E-state index contributed by atoms with van der Waals surface area (Å²) in [6, 6.07) is 9.66. The fraction of sp³-hybridized carbons (Fsp3) is 0.333. The van der Waals surface area contributed by atoms with E-state index < -0.39 is 0 Å². The van der Waals surface area contributed by atoms with Crippen LogP contribution in [0.25, 0.3) is 10.9 Å². The van der Waals surface area contributed by atoms with E-state index in [-0.39, 0.29) is 12.5 Å². The van der Waals surface area contributed by atoms with Gasteiger partial charge in [-0.25, -0.2) is 0 Å². The van der Waals surface area contributed by atoms with Crippen molar-refractivity contribution in [2.75, 3.05) is 26.7 Å². The minimum absolute atomic E-state index is 0.0150. The summed E-state index contributed by atoms with van der Waals surface area (Å²) < 4.78 is 5.49. The average Bonchev–Trinajstić information content (AvgIpc) is 2.50. The van der Waals surface area contributed by atoms with Gasteiger partial charge in [0.1, 0.15) is 5.75 Å². The SMILES string of the molecule is CN(CCCN)C(=O)COc1cnc2ccccc2c1. The molecule has 0 aliphatic rings. The summed E-state index contributed by atoms with van der Waals surface area (Å²) in [6.45, 7) is 1.24. The Morgan fingerprint density at radius 2 is 2.20 bits per heavy atom. The maximum atomic E-state index is 11.8. The number of fused-ring (bicyclic) bond motifs is 1. The van der Waals surface area contributed by atoms with Gasteiger partial charge in [-0.1, -0.05) is 18.2 Å². The number of aromatic nitrogens is 1.